The Bertz CT molecular complexity index is 1090. The van der Waals surface area contributed by atoms with Crippen LogP contribution in [0.25, 0.3) is 11.3 Å². The lowest BCUT2D eigenvalue weighted by atomic mass is 10.0. The van der Waals surface area contributed by atoms with Crippen molar-refractivity contribution in [3.63, 3.8) is 0 Å². The second-order valence-electron chi connectivity index (χ2n) is 7.14. The summed E-state index contributed by atoms with van der Waals surface area (Å²) in [5.41, 5.74) is 3.47. The molecule has 0 aliphatic heterocycles. The highest BCUT2D eigenvalue weighted by molar-refractivity contribution is 7.93. The molecule has 0 spiro atoms. The van der Waals surface area contributed by atoms with Crippen LogP contribution in [0.5, 0.6) is 0 Å². The summed E-state index contributed by atoms with van der Waals surface area (Å²) in [6.45, 7) is 5.75. The topological polar surface area (TPSA) is 88.2 Å². The summed E-state index contributed by atoms with van der Waals surface area (Å²) >= 11 is 1.23. The number of sulfonamides is 1. The smallest absolute Gasteiger partial charge is 0.263 e. The van der Waals surface area contributed by atoms with Crippen molar-refractivity contribution in [1.82, 2.24) is 4.98 Å². The highest BCUT2D eigenvalue weighted by Crippen LogP contribution is 2.27. The van der Waals surface area contributed by atoms with Crippen molar-refractivity contribution in [3.05, 3.63) is 59.5 Å². The van der Waals surface area contributed by atoms with Crippen molar-refractivity contribution in [2.45, 2.75) is 32.1 Å². The fraction of sp³-hybridized carbons (Fsp3) is 0.238. The molecular formula is C21H23N3O3S2. The van der Waals surface area contributed by atoms with Crippen LogP contribution in [0, 0.1) is 5.92 Å². The fourth-order valence-corrected chi connectivity index (χ4v) is 4.80. The molecule has 0 saturated heterocycles. The van der Waals surface area contributed by atoms with Crippen molar-refractivity contribution in [3.8, 4) is 11.3 Å². The van der Waals surface area contributed by atoms with Crippen LogP contribution >= 0.6 is 11.3 Å². The number of benzene rings is 2. The number of thiazole rings is 1. The Balaban J connectivity index is 1.72. The predicted molar refractivity (Wildman–Crippen MR) is 118 cm³/mol. The van der Waals surface area contributed by atoms with E-state index in [1.54, 1.807) is 12.1 Å². The number of nitrogens with one attached hydrogen (secondary N) is 2. The van der Waals surface area contributed by atoms with Gasteiger partial charge in [0.25, 0.3) is 10.0 Å². The maximum atomic E-state index is 12.6. The molecule has 152 valence electrons. The van der Waals surface area contributed by atoms with Crippen LogP contribution in [-0.4, -0.2) is 19.3 Å². The number of nitrogens with zero attached hydrogens (tertiary/aromatic N) is 1. The lowest BCUT2D eigenvalue weighted by Gasteiger charge is -2.07. The standard InChI is InChI=1S/C21H23N3O3S2/c1-14(2)12-16-4-6-17(7-5-16)20-13-28-21(23-20)24-29(26,27)19-10-8-18(9-11-19)22-15(3)25/h4-11,13-14H,12H2,1-3H3,(H,22,25)(H,23,24). The van der Waals surface area contributed by atoms with Gasteiger partial charge in [-0.25, -0.2) is 13.4 Å². The predicted octanol–water partition coefficient (Wildman–Crippen LogP) is 4.77. The summed E-state index contributed by atoms with van der Waals surface area (Å²) in [5.74, 6) is 0.375. The zero-order valence-corrected chi connectivity index (χ0v) is 18.1. The monoisotopic (exact) mass is 429 g/mol. The summed E-state index contributed by atoms with van der Waals surface area (Å²) in [6.07, 6.45) is 1.02. The summed E-state index contributed by atoms with van der Waals surface area (Å²) in [4.78, 5) is 15.6. The molecule has 3 aromatic rings. The van der Waals surface area contributed by atoms with Gasteiger partial charge in [0.2, 0.25) is 5.91 Å². The van der Waals surface area contributed by atoms with Gasteiger partial charge in [0.05, 0.1) is 10.6 Å². The quantitative estimate of drug-likeness (QED) is 0.566. The molecule has 0 aliphatic carbocycles. The first-order chi connectivity index (χ1) is 13.7. The number of hydrogen-bond acceptors (Lipinski definition) is 5. The van der Waals surface area contributed by atoms with Crippen LogP contribution in [-0.2, 0) is 21.2 Å². The number of rotatable bonds is 7. The van der Waals surface area contributed by atoms with Gasteiger partial charge in [-0.3, -0.25) is 9.52 Å². The molecule has 0 unspecified atom stereocenters. The molecule has 1 amide bonds. The third kappa shape index (κ3) is 5.65. The zero-order chi connectivity index (χ0) is 21.0. The number of hydrogen-bond donors (Lipinski definition) is 2. The Labute approximate surface area is 175 Å². The lowest BCUT2D eigenvalue weighted by molar-refractivity contribution is -0.114. The number of amides is 1. The van der Waals surface area contributed by atoms with E-state index in [1.807, 2.05) is 17.5 Å². The Morgan fingerprint density at radius 2 is 1.72 bits per heavy atom. The molecule has 1 aromatic heterocycles. The van der Waals surface area contributed by atoms with E-state index in [-0.39, 0.29) is 10.8 Å². The highest BCUT2D eigenvalue weighted by Gasteiger charge is 2.16. The molecule has 0 bridgehead atoms. The number of carbonyl (C=O) groups is 1. The van der Waals surface area contributed by atoms with E-state index in [9.17, 15) is 13.2 Å². The van der Waals surface area contributed by atoms with Crippen LogP contribution in [0.2, 0.25) is 0 Å². The van der Waals surface area contributed by atoms with Gasteiger partial charge >= 0.3 is 0 Å². The number of anilines is 2. The Kier molecular flexibility index (Phi) is 6.34. The SMILES string of the molecule is CC(=O)Nc1ccc(S(=O)(=O)Nc2nc(-c3ccc(CC(C)C)cc3)cs2)cc1. The number of aromatic nitrogens is 1. The Hall–Kier alpha value is -2.71. The van der Waals surface area contributed by atoms with E-state index in [0.717, 1.165) is 17.7 Å². The van der Waals surface area contributed by atoms with Crippen LogP contribution in [0.3, 0.4) is 0 Å². The molecule has 2 aromatic carbocycles. The molecule has 0 aliphatic rings. The van der Waals surface area contributed by atoms with E-state index in [4.69, 9.17) is 0 Å². The third-order valence-electron chi connectivity index (χ3n) is 4.10. The summed E-state index contributed by atoms with van der Waals surface area (Å²) in [7, 11) is -3.76. The molecule has 0 radical (unpaired) electrons. The van der Waals surface area contributed by atoms with Crippen molar-refractivity contribution in [1.29, 1.82) is 0 Å². The van der Waals surface area contributed by atoms with Gasteiger partial charge < -0.3 is 5.32 Å². The van der Waals surface area contributed by atoms with E-state index < -0.39 is 10.0 Å². The number of carbonyl (C=O) groups excluding carboxylic acids is 1. The van der Waals surface area contributed by atoms with Crippen LogP contribution in [0.4, 0.5) is 10.8 Å². The first kappa shape index (κ1) is 21.0. The minimum absolute atomic E-state index is 0.0985. The first-order valence-corrected chi connectivity index (χ1v) is 11.5. The highest BCUT2D eigenvalue weighted by atomic mass is 32.2. The van der Waals surface area contributed by atoms with Gasteiger partial charge in [-0.1, -0.05) is 38.1 Å². The van der Waals surface area contributed by atoms with E-state index in [1.165, 1.54) is 36.0 Å². The second-order valence-corrected chi connectivity index (χ2v) is 9.68. The summed E-state index contributed by atoms with van der Waals surface area (Å²) < 4.78 is 27.7. The molecule has 29 heavy (non-hydrogen) atoms. The summed E-state index contributed by atoms with van der Waals surface area (Å²) in [6, 6.07) is 14.1. The zero-order valence-electron chi connectivity index (χ0n) is 16.5. The minimum Gasteiger partial charge on any atom is -0.326 e. The Morgan fingerprint density at radius 3 is 2.31 bits per heavy atom. The molecule has 1 heterocycles. The van der Waals surface area contributed by atoms with Gasteiger partial charge in [0, 0.05) is 23.6 Å². The normalized spacial score (nSPS) is 11.4. The third-order valence-corrected chi connectivity index (χ3v) is 6.35. The van der Waals surface area contributed by atoms with Gasteiger partial charge in [-0.05, 0) is 42.2 Å². The minimum atomic E-state index is -3.76. The van der Waals surface area contributed by atoms with Gasteiger partial charge in [0.1, 0.15) is 0 Å². The average Bonchev–Trinajstić information content (AvgIpc) is 3.09. The van der Waals surface area contributed by atoms with Crippen LogP contribution < -0.4 is 10.0 Å². The largest absolute Gasteiger partial charge is 0.326 e. The average molecular weight is 430 g/mol. The first-order valence-electron chi connectivity index (χ1n) is 9.18. The van der Waals surface area contributed by atoms with E-state index in [0.29, 0.717) is 16.7 Å². The maximum absolute atomic E-state index is 12.6. The lowest BCUT2D eigenvalue weighted by Crippen LogP contribution is -2.13. The summed E-state index contributed by atoms with van der Waals surface area (Å²) in [5, 5.41) is 4.74. The van der Waals surface area contributed by atoms with Gasteiger partial charge in [-0.2, -0.15) is 0 Å². The van der Waals surface area contributed by atoms with Crippen molar-refractivity contribution in [2.75, 3.05) is 10.0 Å². The maximum Gasteiger partial charge on any atom is 0.263 e. The molecular weight excluding hydrogens is 406 g/mol. The molecule has 0 saturated carbocycles. The van der Waals surface area contributed by atoms with Gasteiger partial charge in [0.15, 0.2) is 5.13 Å². The van der Waals surface area contributed by atoms with Crippen LogP contribution in [0.1, 0.15) is 26.3 Å². The molecule has 6 nitrogen and oxygen atoms in total. The molecule has 8 heteroatoms. The fourth-order valence-electron chi connectivity index (χ4n) is 2.83. The second kappa shape index (κ2) is 8.75. The molecule has 3 rings (SSSR count). The van der Waals surface area contributed by atoms with E-state index >= 15 is 0 Å². The Morgan fingerprint density at radius 1 is 1.07 bits per heavy atom. The van der Waals surface area contributed by atoms with Crippen molar-refractivity contribution in [2.24, 2.45) is 5.92 Å². The van der Waals surface area contributed by atoms with Crippen molar-refractivity contribution < 1.29 is 13.2 Å². The van der Waals surface area contributed by atoms with Gasteiger partial charge in [-0.15, -0.1) is 11.3 Å². The molecule has 2 N–H and O–H groups in total. The van der Waals surface area contributed by atoms with E-state index in [2.05, 4.69) is 41.0 Å². The molecule has 0 atom stereocenters. The van der Waals surface area contributed by atoms with Crippen molar-refractivity contribution >= 4 is 38.1 Å². The molecule has 0 fully saturated rings. The van der Waals surface area contributed by atoms with Crippen LogP contribution in [0.15, 0.2) is 58.8 Å².